The molecule has 1 heterocycles. The summed E-state index contributed by atoms with van der Waals surface area (Å²) in [6, 6.07) is 8.76. The van der Waals surface area contributed by atoms with E-state index in [1.807, 2.05) is 36.3 Å². The summed E-state index contributed by atoms with van der Waals surface area (Å²) in [5.41, 5.74) is 2.40. The number of aliphatic hydroxyl groups excluding tert-OH is 1. The van der Waals surface area contributed by atoms with Gasteiger partial charge in [-0.15, -0.1) is 0 Å². The van der Waals surface area contributed by atoms with Crippen LogP contribution in [0.3, 0.4) is 0 Å². The Morgan fingerprint density at radius 1 is 1.17 bits per heavy atom. The van der Waals surface area contributed by atoms with E-state index in [4.69, 9.17) is 4.74 Å². The summed E-state index contributed by atoms with van der Waals surface area (Å²) in [5, 5.41) is 14.6. The maximum Gasteiger partial charge on any atom is 0.119 e. The third-order valence-corrected chi connectivity index (χ3v) is 5.70. The lowest BCUT2D eigenvalue weighted by Crippen LogP contribution is -2.40. The van der Waals surface area contributed by atoms with Crippen molar-refractivity contribution in [1.82, 2.24) is 19.6 Å². The molecule has 0 radical (unpaired) electrons. The fraction of sp³-hybridized carbons (Fsp3) is 0.609. The van der Waals surface area contributed by atoms with Gasteiger partial charge in [-0.25, -0.2) is 0 Å². The third-order valence-electron chi connectivity index (χ3n) is 5.70. The first kappa shape index (κ1) is 21.8. The van der Waals surface area contributed by atoms with Gasteiger partial charge in [0.25, 0.3) is 0 Å². The molecule has 29 heavy (non-hydrogen) atoms. The second-order valence-corrected chi connectivity index (χ2v) is 8.54. The zero-order valence-corrected chi connectivity index (χ0v) is 18.1. The van der Waals surface area contributed by atoms with Gasteiger partial charge in [-0.1, -0.05) is 31.4 Å². The monoisotopic (exact) mass is 400 g/mol. The molecule has 6 nitrogen and oxygen atoms in total. The molecule has 0 spiro atoms. The van der Waals surface area contributed by atoms with E-state index in [1.165, 1.54) is 43.2 Å². The van der Waals surface area contributed by atoms with Gasteiger partial charge in [0.05, 0.1) is 6.20 Å². The minimum absolute atomic E-state index is 0.325. The Morgan fingerprint density at radius 2 is 1.93 bits per heavy atom. The number of hydrogen-bond acceptors (Lipinski definition) is 5. The fourth-order valence-corrected chi connectivity index (χ4v) is 4.21. The predicted octanol–water partition coefficient (Wildman–Crippen LogP) is 3.06. The molecule has 3 rings (SSSR count). The fourth-order valence-electron chi connectivity index (χ4n) is 4.21. The molecule has 1 saturated carbocycles. The summed E-state index contributed by atoms with van der Waals surface area (Å²) >= 11 is 0. The highest BCUT2D eigenvalue weighted by Crippen LogP contribution is 2.22. The van der Waals surface area contributed by atoms with Crippen molar-refractivity contribution in [2.75, 3.05) is 27.2 Å². The van der Waals surface area contributed by atoms with E-state index in [0.29, 0.717) is 19.2 Å². The van der Waals surface area contributed by atoms with Crippen molar-refractivity contribution in [3.05, 3.63) is 47.8 Å². The molecular formula is C23H36N4O2. The number of aromatic nitrogens is 2. The topological polar surface area (TPSA) is 53.8 Å². The Bertz CT molecular complexity index is 742. The van der Waals surface area contributed by atoms with E-state index in [9.17, 15) is 5.11 Å². The number of nitrogens with zero attached hydrogens (tertiary/aromatic N) is 4. The van der Waals surface area contributed by atoms with Crippen molar-refractivity contribution in [3.63, 3.8) is 0 Å². The van der Waals surface area contributed by atoms with E-state index < -0.39 is 6.10 Å². The average Bonchev–Trinajstić information content (AvgIpc) is 3.11. The molecule has 1 N–H and O–H groups in total. The Morgan fingerprint density at radius 3 is 2.66 bits per heavy atom. The second kappa shape index (κ2) is 10.8. The smallest absolute Gasteiger partial charge is 0.119 e. The quantitative estimate of drug-likeness (QED) is 0.664. The Labute approximate surface area is 175 Å². The van der Waals surface area contributed by atoms with Crippen LogP contribution in [0.5, 0.6) is 5.75 Å². The number of ether oxygens (including phenoxy) is 1. The van der Waals surface area contributed by atoms with Crippen molar-refractivity contribution in [2.45, 2.75) is 57.3 Å². The van der Waals surface area contributed by atoms with Crippen LogP contribution in [0.25, 0.3) is 0 Å². The van der Waals surface area contributed by atoms with E-state index in [1.54, 1.807) is 0 Å². The molecular weight excluding hydrogens is 364 g/mol. The zero-order chi connectivity index (χ0) is 20.6. The summed E-state index contributed by atoms with van der Waals surface area (Å²) in [6.07, 6.45) is 9.94. The Hall–Kier alpha value is -1.89. The van der Waals surface area contributed by atoms with Crippen LogP contribution in [0.1, 0.15) is 43.2 Å². The number of hydrogen-bond donors (Lipinski definition) is 1. The van der Waals surface area contributed by atoms with Crippen LogP contribution in [-0.2, 0) is 20.1 Å². The lowest BCUT2D eigenvalue weighted by atomic mass is 9.94. The van der Waals surface area contributed by atoms with Crippen LogP contribution in [0.2, 0.25) is 0 Å². The summed E-state index contributed by atoms with van der Waals surface area (Å²) in [5.74, 6) is 0.816. The van der Waals surface area contributed by atoms with Crippen LogP contribution >= 0.6 is 0 Å². The number of rotatable bonds is 10. The molecule has 1 aromatic carbocycles. The van der Waals surface area contributed by atoms with Gasteiger partial charge < -0.3 is 14.7 Å². The maximum atomic E-state index is 10.4. The molecule has 0 aliphatic heterocycles. The van der Waals surface area contributed by atoms with E-state index in [2.05, 4.69) is 41.1 Å². The zero-order valence-electron chi connectivity index (χ0n) is 18.1. The molecule has 1 atom stereocenters. The Kier molecular flexibility index (Phi) is 8.09. The van der Waals surface area contributed by atoms with Gasteiger partial charge in [0, 0.05) is 44.5 Å². The number of benzene rings is 1. The summed E-state index contributed by atoms with van der Waals surface area (Å²) in [7, 11) is 6.16. The molecule has 1 aromatic heterocycles. The first-order valence-corrected chi connectivity index (χ1v) is 10.8. The molecule has 1 unspecified atom stereocenters. The maximum absolute atomic E-state index is 10.4. The minimum atomic E-state index is -0.473. The van der Waals surface area contributed by atoms with Crippen LogP contribution < -0.4 is 4.74 Å². The van der Waals surface area contributed by atoms with Crippen molar-refractivity contribution in [3.8, 4) is 5.75 Å². The van der Waals surface area contributed by atoms with Crippen LogP contribution in [0.4, 0.5) is 0 Å². The molecule has 0 saturated heterocycles. The van der Waals surface area contributed by atoms with Crippen LogP contribution in [-0.4, -0.2) is 64.1 Å². The standard InChI is InChI=1S/C23H36N4O2/c1-25(15-20-13-24-27(3)16-20)14-19-8-7-11-23(12-19)29-18-22(28)17-26(2)21-9-5-4-6-10-21/h7-8,11-13,16,21-22,28H,4-6,9-10,14-15,17-18H2,1-3H3. The van der Waals surface area contributed by atoms with E-state index in [-0.39, 0.29) is 0 Å². The van der Waals surface area contributed by atoms with Gasteiger partial charge in [0.15, 0.2) is 0 Å². The highest BCUT2D eigenvalue weighted by molar-refractivity contribution is 5.28. The molecule has 1 aliphatic carbocycles. The van der Waals surface area contributed by atoms with Gasteiger partial charge in [0.2, 0.25) is 0 Å². The minimum Gasteiger partial charge on any atom is -0.491 e. The highest BCUT2D eigenvalue weighted by atomic mass is 16.5. The normalized spacial score (nSPS) is 16.5. The summed E-state index contributed by atoms with van der Waals surface area (Å²) < 4.78 is 7.72. The Balaban J connectivity index is 1.43. The molecule has 1 aliphatic rings. The lowest BCUT2D eigenvalue weighted by Gasteiger charge is -2.32. The van der Waals surface area contributed by atoms with Gasteiger partial charge >= 0.3 is 0 Å². The second-order valence-electron chi connectivity index (χ2n) is 8.54. The summed E-state index contributed by atoms with van der Waals surface area (Å²) in [6.45, 7) is 2.68. The molecule has 1 fully saturated rings. The molecule has 0 amide bonds. The van der Waals surface area contributed by atoms with Crippen molar-refractivity contribution >= 4 is 0 Å². The number of aryl methyl sites for hydroxylation is 1. The SMILES string of the molecule is CN(Cc1cccc(OCC(O)CN(C)C2CCCCC2)c1)Cc1cnn(C)c1. The average molecular weight is 401 g/mol. The first-order valence-electron chi connectivity index (χ1n) is 10.8. The van der Waals surface area contributed by atoms with Gasteiger partial charge in [-0.3, -0.25) is 9.58 Å². The van der Waals surface area contributed by atoms with Crippen molar-refractivity contribution < 1.29 is 9.84 Å². The van der Waals surface area contributed by atoms with Crippen LogP contribution in [0, 0.1) is 0 Å². The van der Waals surface area contributed by atoms with Crippen molar-refractivity contribution in [2.24, 2.45) is 7.05 Å². The lowest BCUT2D eigenvalue weighted by molar-refractivity contribution is 0.0561. The molecule has 0 bridgehead atoms. The predicted molar refractivity (Wildman–Crippen MR) is 116 cm³/mol. The van der Waals surface area contributed by atoms with Crippen LogP contribution in [0.15, 0.2) is 36.7 Å². The van der Waals surface area contributed by atoms with Gasteiger partial charge in [0.1, 0.15) is 18.5 Å². The molecule has 160 valence electrons. The van der Waals surface area contributed by atoms with Gasteiger partial charge in [-0.2, -0.15) is 5.10 Å². The first-order chi connectivity index (χ1) is 14.0. The van der Waals surface area contributed by atoms with Crippen molar-refractivity contribution in [1.29, 1.82) is 0 Å². The van der Waals surface area contributed by atoms with Gasteiger partial charge in [-0.05, 0) is 44.6 Å². The van der Waals surface area contributed by atoms with E-state index >= 15 is 0 Å². The largest absolute Gasteiger partial charge is 0.491 e. The molecule has 2 aromatic rings. The number of likely N-dealkylation sites (N-methyl/N-ethyl adjacent to an activating group) is 1. The van der Waals surface area contributed by atoms with E-state index in [0.717, 1.165) is 18.8 Å². The third kappa shape index (κ3) is 7.14. The number of aliphatic hydroxyl groups is 1. The highest BCUT2D eigenvalue weighted by Gasteiger charge is 2.20. The molecule has 6 heteroatoms. The summed E-state index contributed by atoms with van der Waals surface area (Å²) in [4.78, 5) is 4.56.